The third-order valence-corrected chi connectivity index (χ3v) is 4.19. The first-order chi connectivity index (χ1) is 8.69. The molecule has 1 aromatic rings. The highest BCUT2D eigenvalue weighted by Crippen LogP contribution is 2.19. The summed E-state index contributed by atoms with van der Waals surface area (Å²) in [6, 6.07) is 0.781. The third kappa shape index (κ3) is 5.43. The molecule has 1 N–H and O–H groups in total. The largest absolute Gasteiger partial charge is 0.481 e. The van der Waals surface area contributed by atoms with Crippen LogP contribution in [0.5, 0.6) is 0 Å². The zero-order valence-corrected chi connectivity index (χ0v) is 12.1. The highest BCUT2D eigenvalue weighted by Gasteiger charge is 2.16. The van der Waals surface area contributed by atoms with Crippen LogP contribution in [0.1, 0.15) is 13.0 Å². The minimum Gasteiger partial charge on any atom is -0.481 e. The summed E-state index contributed by atoms with van der Waals surface area (Å²) in [5, 5.41) is 8.83. The van der Waals surface area contributed by atoms with Crippen molar-refractivity contribution in [3.05, 3.63) is 22.6 Å². The van der Waals surface area contributed by atoms with E-state index in [2.05, 4.69) is 4.98 Å². The molecule has 1 aromatic heterocycles. The molecule has 0 saturated carbocycles. The second kappa shape index (κ2) is 6.20. The minimum atomic E-state index is -3.18. The number of carbonyl (C=O) groups is 1. The molecule has 1 rings (SSSR count). The Bertz CT molecular complexity index is 623. The molecule has 0 aliphatic heterocycles. The fourth-order valence-corrected chi connectivity index (χ4v) is 3.32. The number of sulfone groups is 1. The molecule has 1 heterocycles. The van der Waals surface area contributed by atoms with Gasteiger partial charge in [0.2, 0.25) is 0 Å². The Labute approximate surface area is 114 Å². The van der Waals surface area contributed by atoms with Gasteiger partial charge in [0.25, 0.3) is 5.56 Å². The highest BCUT2D eigenvalue weighted by molar-refractivity contribution is 7.99. The molecule has 106 valence electrons. The Morgan fingerprint density at radius 2 is 2.21 bits per heavy atom. The number of carboxylic acids is 1. The Kier molecular flexibility index (Phi) is 5.12. The number of hydrogen-bond acceptors (Lipinski definition) is 6. The van der Waals surface area contributed by atoms with Crippen LogP contribution < -0.4 is 5.56 Å². The lowest BCUT2D eigenvalue weighted by Gasteiger charge is -2.17. The second-order valence-electron chi connectivity index (χ2n) is 4.08. The Morgan fingerprint density at radius 3 is 2.74 bits per heavy atom. The lowest BCUT2D eigenvalue weighted by Crippen LogP contribution is -2.21. The van der Waals surface area contributed by atoms with Gasteiger partial charge in [-0.25, -0.2) is 8.42 Å². The van der Waals surface area contributed by atoms with E-state index in [1.807, 2.05) is 0 Å². The lowest BCUT2D eigenvalue weighted by atomic mass is 10.4. The molecule has 0 aliphatic carbocycles. The molecular formula is C10H14N2O5S2. The molecule has 0 aromatic carbocycles. The van der Waals surface area contributed by atoms with Gasteiger partial charge < -0.3 is 9.67 Å². The molecule has 7 nitrogen and oxygen atoms in total. The molecule has 0 radical (unpaired) electrons. The summed E-state index contributed by atoms with van der Waals surface area (Å²) in [7, 11) is -3.18. The number of aliphatic carboxylic acids is 1. The van der Waals surface area contributed by atoms with Crippen molar-refractivity contribution in [2.45, 2.75) is 18.1 Å². The summed E-state index contributed by atoms with van der Waals surface area (Å²) in [5.41, 5.74) is -0.490. The average molecular weight is 306 g/mol. The maximum absolute atomic E-state index is 11.3. The number of hydrogen-bond donors (Lipinski definition) is 1. The molecule has 0 aliphatic rings. The summed E-state index contributed by atoms with van der Waals surface area (Å²) in [5.74, 6) is -1.40. The smallest absolute Gasteiger partial charge is 0.313 e. The summed E-state index contributed by atoms with van der Waals surface area (Å²) >= 11 is 0.881. The van der Waals surface area contributed by atoms with Crippen LogP contribution in [-0.2, 0) is 14.6 Å². The first kappa shape index (κ1) is 15.7. The number of thioether (sulfide) groups is 1. The first-order valence-corrected chi connectivity index (χ1v) is 8.35. The van der Waals surface area contributed by atoms with E-state index in [4.69, 9.17) is 5.11 Å². The van der Waals surface area contributed by atoms with Gasteiger partial charge in [0.05, 0.1) is 11.5 Å². The number of carboxylic acid groups (broad SMARTS) is 1. The van der Waals surface area contributed by atoms with Gasteiger partial charge in [-0.05, 0) is 6.92 Å². The monoisotopic (exact) mass is 306 g/mol. The van der Waals surface area contributed by atoms with Gasteiger partial charge in [0.1, 0.15) is 9.84 Å². The van der Waals surface area contributed by atoms with Crippen LogP contribution in [0.15, 0.2) is 22.2 Å². The van der Waals surface area contributed by atoms with Crippen LogP contribution in [0.25, 0.3) is 0 Å². The van der Waals surface area contributed by atoms with Crippen molar-refractivity contribution in [1.29, 1.82) is 0 Å². The average Bonchev–Trinajstić information content (AvgIpc) is 2.23. The molecule has 0 saturated heterocycles. The summed E-state index contributed by atoms with van der Waals surface area (Å²) in [6.45, 7) is 1.66. The van der Waals surface area contributed by atoms with Crippen LogP contribution >= 0.6 is 11.8 Å². The fraction of sp³-hybridized carbons (Fsp3) is 0.500. The lowest BCUT2D eigenvalue weighted by molar-refractivity contribution is -0.133. The molecular weight excluding hydrogens is 292 g/mol. The van der Waals surface area contributed by atoms with Crippen LogP contribution in [0.2, 0.25) is 0 Å². The van der Waals surface area contributed by atoms with Gasteiger partial charge in [-0.2, -0.15) is 4.98 Å². The first-order valence-electron chi connectivity index (χ1n) is 5.30. The van der Waals surface area contributed by atoms with Crippen molar-refractivity contribution in [1.82, 2.24) is 9.55 Å². The van der Waals surface area contributed by atoms with E-state index in [1.165, 1.54) is 16.8 Å². The highest BCUT2D eigenvalue weighted by atomic mass is 32.2. The topological polar surface area (TPSA) is 106 Å². The van der Waals surface area contributed by atoms with Crippen LogP contribution in [0.4, 0.5) is 0 Å². The van der Waals surface area contributed by atoms with Crippen LogP contribution in [-0.4, -0.2) is 46.8 Å². The SMILES string of the molecule is CC(CS(C)(=O)=O)n1ccc(=O)nc1SCC(=O)O. The van der Waals surface area contributed by atoms with Crippen molar-refractivity contribution in [2.75, 3.05) is 17.8 Å². The summed E-state index contributed by atoms with van der Waals surface area (Å²) in [6.07, 6.45) is 2.54. The van der Waals surface area contributed by atoms with E-state index >= 15 is 0 Å². The quantitative estimate of drug-likeness (QED) is 0.583. The zero-order chi connectivity index (χ0) is 14.6. The van der Waals surface area contributed by atoms with E-state index < -0.39 is 27.4 Å². The van der Waals surface area contributed by atoms with Gasteiger partial charge in [-0.1, -0.05) is 11.8 Å². The van der Waals surface area contributed by atoms with Gasteiger partial charge in [-0.15, -0.1) is 0 Å². The maximum atomic E-state index is 11.3. The maximum Gasteiger partial charge on any atom is 0.313 e. The molecule has 0 spiro atoms. The standard InChI is InChI=1S/C10H14N2O5S2/c1-7(6-19(2,16)17)12-4-3-8(13)11-10(12)18-5-9(14)15/h3-4,7H,5-6H2,1-2H3,(H,14,15). The van der Waals surface area contributed by atoms with Crippen molar-refractivity contribution >= 4 is 27.6 Å². The predicted molar refractivity (Wildman–Crippen MR) is 71.3 cm³/mol. The Hall–Kier alpha value is -1.35. The number of rotatable bonds is 6. The van der Waals surface area contributed by atoms with Gasteiger partial charge >= 0.3 is 5.97 Å². The molecule has 0 amide bonds. The Morgan fingerprint density at radius 1 is 1.58 bits per heavy atom. The molecule has 1 atom stereocenters. The van der Waals surface area contributed by atoms with Gasteiger partial charge in [0, 0.05) is 24.6 Å². The molecule has 0 fully saturated rings. The van der Waals surface area contributed by atoms with Crippen molar-refractivity contribution in [3.8, 4) is 0 Å². The van der Waals surface area contributed by atoms with Gasteiger partial charge in [0.15, 0.2) is 5.16 Å². The minimum absolute atomic E-state index is 0.113. The molecule has 1 unspecified atom stereocenters. The second-order valence-corrected chi connectivity index (χ2v) is 7.21. The van der Waals surface area contributed by atoms with E-state index in [9.17, 15) is 18.0 Å². The van der Waals surface area contributed by atoms with E-state index in [-0.39, 0.29) is 16.7 Å². The summed E-state index contributed by atoms with van der Waals surface area (Å²) < 4.78 is 24.0. The third-order valence-electron chi connectivity index (χ3n) is 2.15. The molecule has 9 heteroatoms. The van der Waals surface area contributed by atoms with Crippen LogP contribution in [0.3, 0.4) is 0 Å². The van der Waals surface area contributed by atoms with Gasteiger partial charge in [-0.3, -0.25) is 9.59 Å². The van der Waals surface area contributed by atoms with Crippen molar-refractivity contribution in [3.63, 3.8) is 0 Å². The van der Waals surface area contributed by atoms with Crippen molar-refractivity contribution in [2.24, 2.45) is 0 Å². The predicted octanol–water partition coefficient (Wildman–Crippen LogP) is 0.0256. The normalized spacial score (nSPS) is 13.2. The Balaban J connectivity index is 3.05. The number of nitrogens with zero attached hydrogens (tertiary/aromatic N) is 2. The zero-order valence-electron chi connectivity index (χ0n) is 10.4. The van der Waals surface area contributed by atoms with E-state index in [0.29, 0.717) is 0 Å². The van der Waals surface area contributed by atoms with Crippen molar-refractivity contribution < 1.29 is 18.3 Å². The molecule has 0 bridgehead atoms. The fourth-order valence-electron chi connectivity index (χ4n) is 1.48. The van der Waals surface area contributed by atoms with E-state index in [1.54, 1.807) is 6.92 Å². The van der Waals surface area contributed by atoms with E-state index in [0.717, 1.165) is 18.0 Å². The number of aromatic nitrogens is 2. The van der Waals surface area contributed by atoms with Crippen LogP contribution in [0, 0.1) is 0 Å². The molecule has 19 heavy (non-hydrogen) atoms. The summed E-state index contributed by atoms with van der Waals surface area (Å²) in [4.78, 5) is 25.4.